The van der Waals surface area contributed by atoms with Crippen molar-refractivity contribution in [3.63, 3.8) is 0 Å². The first-order valence-electron chi connectivity index (χ1n) is 9.25. The minimum absolute atomic E-state index is 0. The van der Waals surface area contributed by atoms with Gasteiger partial charge in [-0.2, -0.15) is 6.92 Å². The quantitative estimate of drug-likeness (QED) is 0.361. The van der Waals surface area contributed by atoms with Crippen LogP contribution in [0.4, 0.5) is 5.69 Å². The Morgan fingerprint density at radius 1 is 1.07 bits per heavy atom. The second-order valence-electron chi connectivity index (χ2n) is 6.91. The molecule has 30 heavy (non-hydrogen) atoms. The molecule has 0 aliphatic carbocycles. The van der Waals surface area contributed by atoms with Crippen molar-refractivity contribution < 1.29 is 51.9 Å². The van der Waals surface area contributed by atoms with Crippen molar-refractivity contribution in [2.45, 2.75) is 26.2 Å². The molecule has 2 rings (SSSR count). The molecule has 2 aromatic rings. The summed E-state index contributed by atoms with van der Waals surface area (Å²) in [5.74, 6) is -0.489. The van der Waals surface area contributed by atoms with E-state index in [1.807, 2.05) is 0 Å². The van der Waals surface area contributed by atoms with Crippen LogP contribution in [0.25, 0.3) is 0 Å². The number of hydrogen-bond acceptors (Lipinski definition) is 6. The van der Waals surface area contributed by atoms with Gasteiger partial charge in [0.2, 0.25) is 0 Å². The monoisotopic (exact) mass is 489 g/mol. The van der Waals surface area contributed by atoms with E-state index in [1.54, 1.807) is 37.1 Å². The maximum Gasteiger partial charge on any atom is 0.267 e. The predicted octanol–water partition coefficient (Wildman–Crippen LogP) is 1.10. The van der Waals surface area contributed by atoms with Crippen LogP contribution in [0.2, 0.25) is 0 Å². The molecule has 0 saturated carbocycles. The number of rotatable bonds is 11. The van der Waals surface area contributed by atoms with Crippen LogP contribution in [0.1, 0.15) is 46.6 Å². The topological polar surface area (TPSA) is 115 Å². The van der Waals surface area contributed by atoms with E-state index in [0.717, 1.165) is 5.69 Å². The van der Waals surface area contributed by atoms with E-state index in [1.165, 1.54) is 11.5 Å². The number of amides is 1. The number of Topliss-reactive ketones (excluding diaryl/α,β-unsaturated/α-hetero) is 3. The Balaban J connectivity index is 0.00000450. The molecule has 0 aliphatic heterocycles. The normalized spacial score (nSPS) is 10.2. The summed E-state index contributed by atoms with van der Waals surface area (Å²) in [7, 11) is 3.42. The number of carbonyl (C=O) groups excluding carboxylic acids is 4. The summed E-state index contributed by atoms with van der Waals surface area (Å²) < 4.78 is 3.22. The molecule has 2 aromatic heterocycles. The van der Waals surface area contributed by atoms with Crippen LogP contribution in [0, 0.1) is 6.92 Å². The van der Waals surface area contributed by atoms with E-state index >= 15 is 0 Å². The maximum absolute atomic E-state index is 12.3. The minimum Gasteiger partial charge on any atom is -0.409 e. The number of hydrogen-bond donors (Lipinski definition) is 2. The van der Waals surface area contributed by atoms with Crippen molar-refractivity contribution in [1.82, 2.24) is 19.4 Å². The average molecular weight is 489 g/mol. The van der Waals surface area contributed by atoms with Gasteiger partial charge in [-0.1, -0.05) is 0 Å². The number of nitrogens with zero attached hydrogens (tertiary/aromatic N) is 3. The van der Waals surface area contributed by atoms with Gasteiger partial charge < -0.3 is 29.5 Å². The zero-order valence-electron chi connectivity index (χ0n) is 17.5. The number of aromatic nitrogens is 3. The Kier molecular flexibility index (Phi) is 10.1. The van der Waals surface area contributed by atoms with Gasteiger partial charge >= 0.3 is 0 Å². The minimum atomic E-state index is -0.406. The first kappa shape index (κ1) is 25.8. The Bertz CT molecular complexity index is 932. The van der Waals surface area contributed by atoms with Crippen molar-refractivity contribution >= 4 is 28.9 Å². The van der Waals surface area contributed by atoms with Gasteiger partial charge in [-0.05, 0) is 20.0 Å². The first-order valence-corrected chi connectivity index (χ1v) is 9.25. The third kappa shape index (κ3) is 7.53. The molecular formula is C20H26N5O4Y-. The number of imidazole rings is 1. The molecule has 2 N–H and O–H groups in total. The van der Waals surface area contributed by atoms with Crippen LogP contribution in [0.5, 0.6) is 0 Å². The molecule has 0 aliphatic rings. The molecule has 10 heteroatoms. The van der Waals surface area contributed by atoms with E-state index in [-0.39, 0.29) is 75.4 Å². The van der Waals surface area contributed by atoms with E-state index < -0.39 is 5.78 Å². The van der Waals surface area contributed by atoms with Gasteiger partial charge in [-0.25, -0.2) is 0 Å². The van der Waals surface area contributed by atoms with E-state index in [0.29, 0.717) is 24.4 Å². The van der Waals surface area contributed by atoms with E-state index in [2.05, 4.69) is 22.5 Å². The molecule has 0 bridgehead atoms. The van der Waals surface area contributed by atoms with E-state index in [9.17, 15) is 19.2 Å². The van der Waals surface area contributed by atoms with Gasteiger partial charge in [0.1, 0.15) is 17.3 Å². The first-order chi connectivity index (χ1) is 13.7. The molecule has 1 amide bonds. The molecule has 1 radical (unpaired) electrons. The fraction of sp³-hybridized carbons (Fsp3) is 0.400. The standard InChI is InChI=1S/C20H26N5O4.Y/c1-13(26)5-7-21-15-10-18(24(3)11-15)20(29)22-8-6-17(28)9-16-12-25(4)19(23-16)14(2)27;/h10-12,21H,2,5-9H2,1,3-4H3,(H,22,29);/q-1;. The molecule has 0 fully saturated rings. The smallest absolute Gasteiger partial charge is 0.267 e. The Morgan fingerprint density at radius 2 is 1.77 bits per heavy atom. The molecular weight excluding hydrogens is 463 g/mol. The maximum atomic E-state index is 12.3. The molecule has 9 nitrogen and oxygen atoms in total. The van der Waals surface area contributed by atoms with Gasteiger partial charge in [0.15, 0.2) is 0 Å². The second-order valence-corrected chi connectivity index (χ2v) is 6.91. The van der Waals surface area contributed by atoms with Crippen LogP contribution in [-0.2, 0) is 62.8 Å². The van der Waals surface area contributed by atoms with Crippen LogP contribution >= 0.6 is 0 Å². The van der Waals surface area contributed by atoms with Gasteiger partial charge in [0.05, 0.1) is 11.5 Å². The van der Waals surface area contributed by atoms with Crippen molar-refractivity contribution in [2.75, 3.05) is 18.4 Å². The molecule has 0 saturated heterocycles. The summed E-state index contributed by atoms with van der Waals surface area (Å²) in [5.41, 5.74) is 1.70. The summed E-state index contributed by atoms with van der Waals surface area (Å²) in [4.78, 5) is 50.9. The zero-order valence-corrected chi connectivity index (χ0v) is 20.4. The molecule has 0 atom stereocenters. The summed E-state index contributed by atoms with van der Waals surface area (Å²) >= 11 is 0. The van der Waals surface area contributed by atoms with Gasteiger partial charge in [0.25, 0.3) is 5.91 Å². The van der Waals surface area contributed by atoms with Crippen molar-refractivity contribution in [2.24, 2.45) is 14.1 Å². The van der Waals surface area contributed by atoms with Crippen molar-refractivity contribution in [1.29, 1.82) is 0 Å². The third-order valence-electron chi connectivity index (χ3n) is 4.29. The fourth-order valence-electron chi connectivity index (χ4n) is 2.84. The fourth-order valence-corrected chi connectivity index (χ4v) is 2.84. The van der Waals surface area contributed by atoms with Gasteiger partial charge in [0, 0.05) is 96.0 Å². The van der Waals surface area contributed by atoms with E-state index in [4.69, 9.17) is 0 Å². The molecule has 0 aromatic carbocycles. The number of ketones is 3. The van der Waals surface area contributed by atoms with Crippen molar-refractivity contribution in [3.05, 3.63) is 42.6 Å². The molecule has 159 valence electrons. The van der Waals surface area contributed by atoms with Crippen LogP contribution in [0.15, 0.2) is 18.5 Å². The number of aryl methyl sites for hydroxylation is 2. The average Bonchev–Trinajstić information content (AvgIpc) is 3.17. The van der Waals surface area contributed by atoms with Crippen LogP contribution < -0.4 is 10.6 Å². The van der Waals surface area contributed by atoms with Gasteiger partial charge in [-0.3, -0.25) is 14.4 Å². The number of anilines is 1. The Morgan fingerprint density at radius 3 is 2.37 bits per heavy atom. The number of nitrogens with one attached hydrogen (secondary N) is 2. The summed E-state index contributed by atoms with van der Waals surface area (Å²) in [6, 6.07) is 1.70. The summed E-state index contributed by atoms with van der Waals surface area (Å²) in [6.45, 7) is 5.55. The van der Waals surface area contributed by atoms with Crippen LogP contribution in [0.3, 0.4) is 0 Å². The SMILES string of the molecule is [CH2-]C(=O)c1nc(CC(=O)CCNC(=O)c2cc(NCCC(C)=O)cn2C)cn1C.[Y]. The Hall–Kier alpha value is -2.26. The van der Waals surface area contributed by atoms with Gasteiger partial charge in [-0.15, -0.1) is 0 Å². The molecule has 0 unspecified atom stereocenters. The number of carbonyl (C=O) groups is 4. The third-order valence-corrected chi connectivity index (χ3v) is 4.29. The summed E-state index contributed by atoms with van der Waals surface area (Å²) in [5, 5.41) is 5.82. The predicted molar refractivity (Wildman–Crippen MR) is 108 cm³/mol. The molecule has 2 heterocycles. The van der Waals surface area contributed by atoms with Crippen LogP contribution in [-0.4, -0.2) is 50.5 Å². The Labute approximate surface area is 200 Å². The summed E-state index contributed by atoms with van der Waals surface area (Å²) in [6.07, 6.45) is 4.05. The zero-order chi connectivity index (χ0) is 21.6. The van der Waals surface area contributed by atoms with Crippen molar-refractivity contribution in [3.8, 4) is 0 Å². The molecule has 0 spiro atoms. The largest absolute Gasteiger partial charge is 0.409 e. The second kappa shape index (κ2) is 11.8.